The van der Waals surface area contributed by atoms with Crippen molar-refractivity contribution in [3.63, 3.8) is 0 Å². The number of fused-ring (bicyclic) bond motifs is 5. The summed E-state index contributed by atoms with van der Waals surface area (Å²) in [5.41, 5.74) is 9.41. The van der Waals surface area contributed by atoms with Crippen LogP contribution in [0.2, 0.25) is 0 Å². The Morgan fingerprint density at radius 1 is 0.438 bits per heavy atom. The van der Waals surface area contributed by atoms with Crippen molar-refractivity contribution in [1.82, 2.24) is 0 Å². The topological polar surface area (TPSA) is 71.5 Å². The Labute approximate surface area is 279 Å². The van der Waals surface area contributed by atoms with Crippen LogP contribution in [0, 0.1) is 0 Å². The van der Waals surface area contributed by atoms with E-state index < -0.39 is 19.7 Å². The molecule has 7 aromatic carbocycles. The highest BCUT2D eigenvalue weighted by Gasteiger charge is 2.39. The normalized spacial score (nSPS) is 15.2. The van der Waals surface area contributed by atoms with Crippen LogP contribution in [0.3, 0.4) is 0 Å². The number of benzene rings is 7. The number of sulfone groups is 2. The molecule has 0 aromatic heterocycles. The molecule has 5 nitrogen and oxygen atoms in total. The summed E-state index contributed by atoms with van der Waals surface area (Å²) in [5.74, 6) is 0. The molecule has 48 heavy (non-hydrogen) atoms. The number of hydrogen-bond donors (Lipinski definition) is 0. The first kappa shape index (κ1) is 28.7. The standard InChI is InChI=1S/C41H27NO4S2/c43-47(44)37-17-5-6-18-38(37)48(45,46)40-26-29(21-24-39(40)47)34-14-8-12-28-11-7-13-33(41(28)34)27-19-22-32(23-20-27)42-35-15-3-1-9-30(35)25-31-10-2-4-16-36(31)42/h1-24,26H,25H2. The zero-order valence-corrected chi connectivity index (χ0v) is 27.2. The Bertz CT molecular complexity index is 2630. The molecule has 9 rings (SSSR count). The third-order valence-electron chi connectivity index (χ3n) is 9.45. The largest absolute Gasteiger partial charge is 0.310 e. The van der Waals surface area contributed by atoms with Crippen LogP contribution in [0.1, 0.15) is 11.1 Å². The fraction of sp³-hybridized carbons (Fsp3) is 0.0244. The van der Waals surface area contributed by atoms with E-state index in [9.17, 15) is 16.8 Å². The maximum absolute atomic E-state index is 13.8. The van der Waals surface area contributed by atoms with E-state index in [1.165, 1.54) is 46.8 Å². The van der Waals surface area contributed by atoms with Gasteiger partial charge in [-0.25, -0.2) is 16.8 Å². The van der Waals surface area contributed by atoms with Crippen molar-refractivity contribution in [3.8, 4) is 22.3 Å². The summed E-state index contributed by atoms with van der Waals surface area (Å²) < 4.78 is 54.5. The molecule has 2 heterocycles. The molecule has 0 saturated carbocycles. The third-order valence-corrected chi connectivity index (χ3v) is 13.4. The summed E-state index contributed by atoms with van der Waals surface area (Å²) in [6.07, 6.45) is 0.891. The average molecular weight is 662 g/mol. The second kappa shape index (κ2) is 10.5. The van der Waals surface area contributed by atoms with Crippen LogP contribution in [0.4, 0.5) is 17.1 Å². The first-order valence-corrected chi connectivity index (χ1v) is 18.6. The van der Waals surface area contributed by atoms with Crippen molar-refractivity contribution in [2.75, 3.05) is 4.90 Å². The minimum Gasteiger partial charge on any atom is -0.310 e. The van der Waals surface area contributed by atoms with Crippen LogP contribution in [0.15, 0.2) is 171 Å². The molecule has 7 heteroatoms. The van der Waals surface area contributed by atoms with Gasteiger partial charge in [0.25, 0.3) is 0 Å². The van der Waals surface area contributed by atoms with Gasteiger partial charge in [0, 0.05) is 23.5 Å². The smallest absolute Gasteiger partial charge is 0.209 e. The first-order valence-electron chi connectivity index (χ1n) is 15.6. The van der Waals surface area contributed by atoms with E-state index in [0.717, 1.165) is 39.6 Å². The molecule has 0 amide bonds. The zero-order valence-electron chi connectivity index (χ0n) is 25.5. The second-order valence-electron chi connectivity index (χ2n) is 12.1. The van der Waals surface area contributed by atoms with Gasteiger partial charge in [-0.15, -0.1) is 0 Å². The molecule has 0 unspecified atom stereocenters. The van der Waals surface area contributed by atoms with Gasteiger partial charge in [0.05, 0.1) is 19.6 Å². The van der Waals surface area contributed by atoms with Crippen LogP contribution in [-0.2, 0) is 26.1 Å². The second-order valence-corrected chi connectivity index (χ2v) is 15.9. The van der Waals surface area contributed by atoms with E-state index in [-0.39, 0.29) is 19.6 Å². The SMILES string of the molecule is O=S1(=O)c2ccccc2S(=O)(=O)c2cc(-c3cccc4cccc(-c5ccc(N6c7ccccc7Cc7ccccc76)cc5)c34)ccc21. The van der Waals surface area contributed by atoms with Gasteiger partial charge < -0.3 is 4.90 Å². The molecule has 0 atom stereocenters. The van der Waals surface area contributed by atoms with Gasteiger partial charge in [-0.05, 0) is 92.7 Å². The van der Waals surface area contributed by atoms with Gasteiger partial charge in [-0.1, -0.05) is 103 Å². The molecular formula is C41H27NO4S2. The maximum Gasteiger partial charge on any atom is 0.209 e. The quantitative estimate of drug-likeness (QED) is 0.189. The number of anilines is 3. The predicted octanol–water partition coefficient (Wildman–Crippen LogP) is 9.53. The molecule has 0 spiro atoms. The molecule has 0 fully saturated rings. The van der Waals surface area contributed by atoms with Crippen molar-refractivity contribution in [2.45, 2.75) is 26.0 Å². The number of rotatable bonds is 3. The van der Waals surface area contributed by atoms with Gasteiger partial charge in [-0.2, -0.15) is 0 Å². The molecule has 2 aliphatic heterocycles. The summed E-state index contributed by atoms with van der Waals surface area (Å²) in [5, 5.41) is 1.95. The summed E-state index contributed by atoms with van der Waals surface area (Å²) in [4.78, 5) is 1.55. The summed E-state index contributed by atoms with van der Waals surface area (Å²) >= 11 is 0. The Morgan fingerprint density at radius 2 is 0.938 bits per heavy atom. The Morgan fingerprint density at radius 3 is 1.56 bits per heavy atom. The first-order chi connectivity index (χ1) is 23.3. The lowest BCUT2D eigenvalue weighted by atomic mass is 9.91. The lowest BCUT2D eigenvalue weighted by Crippen LogP contribution is -2.19. The summed E-state index contributed by atoms with van der Waals surface area (Å²) in [7, 11) is -8.06. The van der Waals surface area contributed by atoms with Gasteiger partial charge in [0.2, 0.25) is 19.7 Å². The molecule has 0 radical (unpaired) electrons. The molecule has 0 aliphatic carbocycles. The van der Waals surface area contributed by atoms with Crippen LogP contribution >= 0.6 is 0 Å². The maximum atomic E-state index is 13.8. The molecule has 232 valence electrons. The fourth-order valence-electron chi connectivity index (χ4n) is 7.22. The van der Waals surface area contributed by atoms with Gasteiger partial charge in [-0.3, -0.25) is 0 Å². The Hall–Kier alpha value is -5.50. The van der Waals surface area contributed by atoms with Gasteiger partial charge >= 0.3 is 0 Å². The Kier molecular flexibility index (Phi) is 6.28. The number of para-hydroxylation sites is 2. The molecular weight excluding hydrogens is 635 g/mol. The average Bonchev–Trinajstić information content (AvgIpc) is 3.13. The fourth-order valence-corrected chi connectivity index (χ4v) is 11.4. The van der Waals surface area contributed by atoms with E-state index >= 15 is 0 Å². The van der Waals surface area contributed by atoms with Crippen LogP contribution < -0.4 is 4.90 Å². The highest BCUT2D eigenvalue weighted by molar-refractivity contribution is 7.97. The van der Waals surface area contributed by atoms with Crippen LogP contribution in [0.5, 0.6) is 0 Å². The monoisotopic (exact) mass is 661 g/mol. The highest BCUT2D eigenvalue weighted by atomic mass is 32.2. The van der Waals surface area contributed by atoms with E-state index in [0.29, 0.717) is 5.56 Å². The van der Waals surface area contributed by atoms with Crippen LogP contribution in [-0.4, -0.2) is 16.8 Å². The molecule has 2 aliphatic rings. The molecule has 0 bridgehead atoms. The van der Waals surface area contributed by atoms with E-state index in [4.69, 9.17) is 0 Å². The van der Waals surface area contributed by atoms with Crippen LogP contribution in [0.25, 0.3) is 33.0 Å². The van der Waals surface area contributed by atoms with Crippen molar-refractivity contribution in [2.24, 2.45) is 0 Å². The number of hydrogen-bond acceptors (Lipinski definition) is 5. The molecule has 0 saturated heterocycles. The van der Waals surface area contributed by atoms with Crippen molar-refractivity contribution >= 4 is 47.5 Å². The predicted molar refractivity (Wildman–Crippen MR) is 190 cm³/mol. The van der Waals surface area contributed by atoms with Crippen molar-refractivity contribution in [1.29, 1.82) is 0 Å². The summed E-state index contributed by atoms with van der Waals surface area (Å²) in [6.45, 7) is 0. The van der Waals surface area contributed by atoms with E-state index in [1.54, 1.807) is 18.2 Å². The number of nitrogens with zero attached hydrogens (tertiary/aromatic N) is 1. The van der Waals surface area contributed by atoms with E-state index in [2.05, 4.69) is 83.8 Å². The molecule has 7 aromatic rings. The van der Waals surface area contributed by atoms with Crippen molar-refractivity contribution < 1.29 is 16.8 Å². The van der Waals surface area contributed by atoms with Gasteiger partial charge in [0.15, 0.2) is 0 Å². The minimum absolute atomic E-state index is 0.183. The zero-order chi connectivity index (χ0) is 32.6. The van der Waals surface area contributed by atoms with Gasteiger partial charge in [0.1, 0.15) is 0 Å². The lowest BCUT2D eigenvalue weighted by Gasteiger charge is -2.33. The molecule has 0 N–H and O–H groups in total. The lowest BCUT2D eigenvalue weighted by molar-refractivity contribution is 0.570. The Balaban J connectivity index is 1.18. The third kappa shape index (κ3) is 4.21. The van der Waals surface area contributed by atoms with Crippen molar-refractivity contribution in [3.05, 3.63) is 163 Å². The minimum atomic E-state index is -4.06. The highest BCUT2D eigenvalue weighted by Crippen LogP contribution is 2.46. The summed E-state index contributed by atoms with van der Waals surface area (Å²) in [6, 6.07) is 48.1. The van der Waals surface area contributed by atoms with E-state index in [1.807, 2.05) is 30.3 Å².